The summed E-state index contributed by atoms with van der Waals surface area (Å²) in [6, 6.07) is 0. The average molecular weight is 263 g/mol. The molecule has 0 aliphatic carbocycles. The first kappa shape index (κ1) is 16.4. The third-order valence-corrected chi connectivity index (χ3v) is 2.98. The molecule has 17 heavy (non-hydrogen) atoms. The van der Waals surface area contributed by atoms with E-state index in [9.17, 15) is 13.2 Å². The summed E-state index contributed by atoms with van der Waals surface area (Å²) in [5.74, 6) is -1.16. The Morgan fingerprint density at radius 2 is 1.94 bits per heavy atom. The Kier molecular flexibility index (Phi) is 6.69. The summed E-state index contributed by atoms with van der Waals surface area (Å²) in [4.78, 5) is 11.0. The second-order valence-electron chi connectivity index (χ2n) is 3.90. The maximum absolute atomic E-state index is 11.0. The summed E-state index contributed by atoms with van der Waals surface area (Å²) in [6.07, 6.45) is 1.93. The molecule has 0 heterocycles. The van der Waals surface area contributed by atoms with Crippen LogP contribution in [0.4, 0.5) is 0 Å². The lowest BCUT2D eigenvalue weighted by Gasteiger charge is -2.24. The Bertz CT molecular complexity index is 349. The fraction of sp³-hybridized carbons (Fsp3) is 0.875. The number of hydrogen-bond donors (Lipinski definition) is 4. The van der Waals surface area contributed by atoms with Gasteiger partial charge in [0.25, 0.3) is 10.2 Å². The molecule has 0 bridgehead atoms. The van der Waals surface area contributed by atoms with Crippen LogP contribution in [0.3, 0.4) is 0 Å². The highest BCUT2D eigenvalue weighted by Crippen LogP contribution is 2.16. The lowest BCUT2D eigenvalue weighted by atomic mass is 9.88. The van der Waals surface area contributed by atoms with E-state index in [2.05, 4.69) is 0 Å². The largest absolute Gasteiger partial charge is 0.480 e. The first-order chi connectivity index (χ1) is 7.71. The lowest BCUT2D eigenvalue weighted by Crippen LogP contribution is -2.50. The molecule has 0 fully saturated rings. The highest BCUT2D eigenvalue weighted by molar-refractivity contribution is 7.87. The van der Waals surface area contributed by atoms with Crippen molar-refractivity contribution in [2.45, 2.75) is 37.5 Å². The van der Waals surface area contributed by atoms with Crippen LogP contribution in [0.5, 0.6) is 0 Å². The van der Waals surface area contributed by atoms with E-state index in [0.29, 0.717) is 19.2 Å². The summed E-state index contributed by atoms with van der Waals surface area (Å²) < 4.78 is 23.2. The van der Waals surface area contributed by atoms with Crippen LogP contribution in [-0.2, 0) is 15.0 Å². The number of carbonyl (C=O) groups is 1. The van der Waals surface area contributed by atoms with Gasteiger partial charge in [0, 0.05) is 6.54 Å². The number of hydrogen-bond acceptors (Lipinski definition) is 4. The van der Waals surface area contributed by atoms with Crippen LogP contribution in [0.2, 0.25) is 6.32 Å². The van der Waals surface area contributed by atoms with E-state index in [1.54, 1.807) is 0 Å². The highest BCUT2D eigenvalue weighted by Gasteiger charge is 2.32. The summed E-state index contributed by atoms with van der Waals surface area (Å²) in [5, 5.41) is 13.7. The van der Waals surface area contributed by atoms with Gasteiger partial charge in [0.05, 0.1) is 7.85 Å². The van der Waals surface area contributed by atoms with Crippen molar-refractivity contribution in [2.75, 3.05) is 6.54 Å². The van der Waals surface area contributed by atoms with Crippen LogP contribution in [0, 0.1) is 0 Å². The van der Waals surface area contributed by atoms with E-state index in [1.807, 2.05) is 4.72 Å². The van der Waals surface area contributed by atoms with E-state index in [1.165, 1.54) is 0 Å². The zero-order chi connectivity index (χ0) is 13.5. The molecule has 0 aromatic carbocycles. The normalized spacial score (nSPS) is 15.4. The first-order valence-electron chi connectivity index (χ1n) is 5.21. The molecule has 0 aromatic heterocycles. The molecular weight excluding hydrogens is 245 g/mol. The maximum Gasteiger partial charge on any atom is 0.323 e. The highest BCUT2D eigenvalue weighted by atomic mass is 32.2. The Balaban J connectivity index is 4.26. The number of aliphatic carboxylic acids is 1. The minimum Gasteiger partial charge on any atom is -0.480 e. The van der Waals surface area contributed by atoms with Crippen LogP contribution in [-0.4, -0.2) is 39.4 Å². The van der Waals surface area contributed by atoms with E-state index in [-0.39, 0.29) is 19.4 Å². The first-order valence-corrected chi connectivity index (χ1v) is 6.75. The number of carboxylic acid groups (broad SMARTS) is 1. The van der Waals surface area contributed by atoms with Gasteiger partial charge in [-0.2, -0.15) is 8.42 Å². The topological polar surface area (TPSA) is 136 Å². The Morgan fingerprint density at radius 3 is 2.35 bits per heavy atom. The van der Waals surface area contributed by atoms with Crippen molar-refractivity contribution < 1.29 is 18.3 Å². The molecule has 0 aromatic rings. The molecule has 9 heteroatoms. The predicted octanol–water partition coefficient (Wildman–Crippen LogP) is -1.29. The molecule has 0 saturated heterocycles. The summed E-state index contributed by atoms with van der Waals surface area (Å²) in [7, 11) is 1.48. The van der Waals surface area contributed by atoms with Crippen LogP contribution >= 0.6 is 0 Å². The van der Waals surface area contributed by atoms with Gasteiger partial charge in [-0.05, 0) is 12.8 Å². The van der Waals surface area contributed by atoms with Crippen LogP contribution in [0.15, 0.2) is 0 Å². The molecule has 1 atom stereocenters. The average Bonchev–Trinajstić information content (AvgIpc) is 2.15. The standard InChI is InChI=1S/C8H18BN3O4S/c9-5-2-1-3-8(10,7(13)14)4-6-12-17(11,15)16/h12H,1-6,10H2,(H,13,14)(H2,11,15,16). The van der Waals surface area contributed by atoms with Crippen LogP contribution in [0.1, 0.15) is 25.7 Å². The molecule has 0 spiro atoms. The van der Waals surface area contributed by atoms with Gasteiger partial charge in [0.2, 0.25) is 0 Å². The maximum atomic E-state index is 11.0. The fourth-order valence-corrected chi connectivity index (χ4v) is 1.73. The van der Waals surface area contributed by atoms with Gasteiger partial charge in [-0.15, -0.1) is 0 Å². The van der Waals surface area contributed by atoms with Crippen molar-refractivity contribution in [3.8, 4) is 0 Å². The van der Waals surface area contributed by atoms with Gasteiger partial charge in [0.1, 0.15) is 5.54 Å². The Labute approximate surface area is 103 Å². The van der Waals surface area contributed by atoms with Crippen molar-refractivity contribution in [3.63, 3.8) is 0 Å². The van der Waals surface area contributed by atoms with Gasteiger partial charge < -0.3 is 10.8 Å². The van der Waals surface area contributed by atoms with Crippen molar-refractivity contribution in [1.29, 1.82) is 0 Å². The van der Waals surface area contributed by atoms with Crippen molar-refractivity contribution in [3.05, 3.63) is 0 Å². The zero-order valence-corrected chi connectivity index (χ0v) is 10.4. The van der Waals surface area contributed by atoms with Gasteiger partial charge in [-0.1, -0.05) is 19.2 Å². The minimum absolute atomic E-state index is 0.0245. The van der Waals surface area contributed by atoms with Gasteiger partial charge in [-0.3, -0.25) is 4.79 Å². The lowest BCUT2D eigenvalue weighted by molar-refractivity contribution is -0.143. The van der Waals surface area contributed by atoms with Crippen molar-refractivity contribution >= 4 is 24.0 Å². The minimum atomic E-state index is -3.82. The van der Waals surface area contributed by atoms with E-state index in [0.717, 1.165) is 0 Å². The fourth-order valence-electron chi connectivity index (χ4n) is 1.34. The molecule has 0 aliphatic rings. The molecular formula is C8H18BN3O4S. The molecule has 0 aliphatic heterocycles. The second kappa shape index (κ2) is 6.95. The molecule has 0 amide bonds. The van der Waals surface area contributed by atoms with Gasteiger partial charge in [-0.25, -0.2) is 9.86 Å². The number of rotatable bonds is 9. The molecule has 6 N–H and O–H groups in total. The number of nitrogens with one attached hydrogen (secondary N) is 1. The van der Waals surface area contributed by atoms with Crippen molar-refractivity contribution in [2.24, 2.45) is 10.9 Å². The quantitative estimate of drug-likeness (QED) is 0.303. The third-order valence-electron chi connectivity index (χ3n) is 2.38. The molecule has 98 valence electrons. The van der Waals surface area contributed by atoms with Gasteiger partial charge >= 0.3 is 5.97 Å². The van der Waals surface area contributed by atoms with Gasteiger partial charge in [0.15, 0.2) is 0 Å². The van der Waals surface area contributed by atoms with Crippen LogP contribution < -0.4 is 15.6 Å². The monoisotopic (exact) mass is 263 g/mol. The van der Waals surface area contributed by atoms with E-state index >= 15 is 0 Å². The predicted molar refractivity (Wildman–Crippen MR) is 64.7 cm³/mol. The molecule has 0 saturated carbocycles. The summed E-state index contributed by atoms with van der Waals surface area (Å²) >= 11 is 0. The Morgan fingerprint density at radius 1 is 1.35 bits per heavy atom. The van der Waals surface area contributed by atoms with E-state index < -0.39 is 21.7 Å². The molecule has 7 nitrogen and oxygen atoms in total. The van der Waals surface area contributed by atoms with E-state index in [4.69, 9.17) is 23.8 Å². The second-order valence-corrected chi connectivity index (χ2v) is 5.28. The SMILES string of the molecule is [B]CCCCC(N)(CCNS(N)(=O)=O)C(=O)O. The molecule has 2 radical (unpaired) electrons. The molecule has 0 rings (SSSR count). The smallest absolute Gasteiger partial charge is 0.323 e. The Hall–Kier alpha value is -0.635. The third kappa shape index (κ3) is 7.32. The van der Waals surface area contributed by atoms with Crippen molar-refractivity contribution in [1.82, 2.24) is 4.72 Å². The molecule has 1 unspecified atom stereocenters. The summed E-state index contributed by atoms with van der Waals surface area (Å²) in [6.45, 7) is -0.107. The van der Waals surface area contributed by atoms with Crippen LogP contribution in [0.25, 0.3) is 0 Å². The number of nitrogens with two attached hydrogens (primary N) is 2. The summed E-state index contributed by atoms with van der Waals surface area (Å²) in [5.41, 5.74) is 4.24. The zero-order valence-electron chi connectivity index (χ0n) is 9.55. The number of carboxylic acids is 1. The number of unbranched alkanes of at least 4 members (excludes halogenated alkanes) is 1.